The predicted molar refractivity (Wildman–Crippen MR) is 49.5 cm³/mol. The fraction of sp³-hybridized carbons (Fsp3) is 0. The summed E-state index contributed by atoms with van der Waals surface area (Å²) in [5.41, 5.74) is 1.11. The van der Waals surface area contributed by atoms with E-state index in [0.717, 1.165) is 9.14 Å². The van der Waals surface area contributed by atoms with Gasteiger partial charge in [-0.3, -0.25) is 0 Å². The highest BCUT2D eigenvalue weighted by Crippen LogP contribution is 2.17. The molecule has 9 heavy (non-hydrogen) atoms. The number of rotatable bonds is 1. The Labute approximate surface area is 70.1 Å². The van der Waals surface area contributed by atoms with Gasteiger partial charge in [-0.15, -0.1) is 0 Å². The van der Waals surface area contributed by atoms with Crippen LogP contribution in [0.25, 0.3) is 3.58 Å². The number of hydrogen-bond acceptors (Lipinski definition) is 0. The van der Waals surface area contributed by atoms with Crippen molar-refractivity contribution in [2.45, 2.75) is 0 Å². The van der Waals surface area contributed by atoms with Gasteiger partial charge in [-0.25, -0.2) is 0 Å². The highest BCUT2D eigenvalue weighted by Gasteiger charge is 1.88. The van der Waals surface area contributed by atoms with Gasteiger partial charge in [-0.1, -0.05) is 36.9 Å². The molecule has 0 saturated heterocycles. The van der Waals surface area contributed by atoms with Crippen molar-refractivity contribution in [3.8, 4) is 0 Å². The fourth-order valence-corrected chi connectivity index (χ4v) is 0.957. The van der Waals surface area contributed by atoms with Crippen LogP contribution in [0.2, 0.25) is 0 Å². The second-order valence-electron chi connectivity index (χ2n) is 1.71. The molecule has 0 N–H and O–H groups in total. The second-order valence-corrected chi connectivity index (χ2v) is 2.88. The molecule has 0 spiro atoms. The molecule has 0 atom stereocenters. The molecule has 0 bridgehead atoms. The van der Waals surface area contributed by atoms with Gasteiger partial charge in [-0.2, -0.15) is 0 Å². The Balaban J connectivity index is 2.96. The van der Waals surface area contributed by atoms with Crippen LogP contribution in [-0.4, -0.2) is 0 Å². The summed E-state index contributed by atoms with van der Waals surface area (Å²) in [6.45, 7) is 1.36. The Hall–Kier alpha value is -0.310. The van der Waals surface area contributed by atoms with E-state index in [9.17, 15) is 0 Å². The van der Waals surface area contributed by atoms with Crippen molar-refractivity contribution >= 4 is 26.2 Å². The zero-order valence-electron chi connectivity index (χ0n) is 5.84. The summed E-state index contributed by atoms with van der Waals surface area (Å²) >= 11 is 2.14. The first-order chi connectivity index (χ1) is 4.84. The minimum atomic E-state index is 0.971. The minimum absolute atomic E-state index is 0.971. The van der Waals surface area contributed by atoms with E-state index in [1.165, 1.54) is 6.55 Å². The van der Waals surface area contributed by atoms with Crippen molar-refractivity contribution in [1.29, 1.82) is 0 Å². The molecule has 1 aromatic rings. The smallest absolute Gasteiger partial charge is 0.0549 e. The molecule has 0 unspecified atom stereocenters. The third kappa shape index (κ3) is 1.82. The number of hydrogen-bond donors (Lipinski definition) is 0. The van der Waals surface area contributed by atoms with E-state index in [1.807, 2.05) is 30.3 Å². The standard InChI is InChI=1S/C8H7I/c1-7(9)8-5-3-2-4-6-8/h2-6H,1H2/i1D. The molecule has 0 saturated carbocycles. The van der Waals surface area contributed by atoms with Crippen LogP contribution in [0.15, 0.2) is 36.9 Å². The molecular formula is C8H7I. The van der Waals surface area contributed by atoms with E-state index >= 15 is 0 Å². The second kappa shape index (κ2) is 3.01. The van der Waals surface area contributed by atoms with Crippen molar-refractivity contribution in [2.75, 3.05) is 0 Å². The average molecular weight is 231 g/mol. The van der Waals surface area contributed by atoms with E-state index in [1.54, 1.807) is 0 Å². The summed E-state index contributed by atoms with van der Waals surface area (Å²) in [5, 5.41) is 0. The molecule has 0 aliphatic rings. The SMILES string of the molecule is [2H]C=C(I)c1ccccc1. The third-order valence-corrected chi connectivity index (χ3v) is 1.67. The first-order valence-electron chi connectivity index (χ1n) is 3.22. The molecule has 0 fully saturated rings. The van der Waals surface area contributed by atoms with Gasteiger partial charge in [0.15, 0.2) is 0 Å². The lowest BCUT2D eigenvalue weighted by atomic mass is 10.2. The largest absolute Gasteiger partial charge is 0.0850 e. The lowest BCUT2D eigenvalue weighted by Crippen LogP contribution is -1.69. The maximum atomic E-state index is 6.98. The Morgan fingerprint density at radius 3 is 2.67 bits per heavy atom. The zero-order chi connectivity index (χ0) is 7.40. The van der Waals surface area contributed by atoms with Crippen molar-refractivity contribution < 1.29 is 1.37 Å². The predicted octanol–water partition coefficient (Wildman–Crippen LogP) is 3.09. The summed E-state index contributed by atoms with van der Waals surface area (Å²) in [4.78, 5) is 0. The Morgan fingerprint density at radius 2 is 2.11 bits per heavy atom. The molecule has 46 valence electrons. The van der Waals surface area contributed by atoms with Gasteiger partial charge in [0.05, 0.1) is 1.37 Å². The summed E-state index contributed by atoms with van der Waals surface area (Å²) in [6.07, 6.45) is 0. The summed E-state index contributed by atoms with van der Waals surface area (Å²) in [5.74, 6) is 0. The fourth-order valence-electron chi connectivity index (χ4n) is 0.597. The van der Waals surface area contributed by atoms with E-state index in [-0.39, 0.29) is 0 Å². The van der Waals surface area contributed by atoms with Crippen LogP contribution in [0.1, 0.15) is 6.93 Å². The normalized spacial score (nSPS) is 13.0. The minimum Gasteiger partial charge on any atom is -0.0850 e. The lowest BCUT2D eigenvalue weighted by molar-refractivity contribution is 1.66. The topological polar surface area (TPSA) is 0 Å². The van der Waals surface area contributed by atoms with Crippen LogP contribution in [0.4, 0.5) is 0 Å². The summed E-state index contributed by atoms with van der Waals surface area (Å²) in [7, 11) is 0. The molecular weight excluding hydrogens is 223 g/mol. The molecule has 0 heterocycles. The van der Waals surface area contributed by atoms with Gasteiger partial charge >= 0.3 is 0 Å². The van der Waals surface area contributed by atoms with Crippen molar-refractivity contribution in [3.05, 3.63) is 42.5 Å². The molecule has 0 aliphatic carbocycles. The van der Waals surface area contributed by atoms with Crippen LogP contribution in [0.5, 0.6) is 0 Å². The van der Waals surface area contributed by atoms with Crippen molar-refractivity contribution in [3.63, 3.8) is 0 Å². The van der Waals surface area contributed by atoms with Gasteiger partial charge in [0.2, 0.25) is 0 Å². The van der Waals surface area contributed by atoms with Gasteiger partial charge < -0.3 is 0 Å². The van der Waals surface area contributed by atoms with Crippen LogP contribution in [0, 0.1) is 0 Å². The average Bonchev–Trinajstić information content (AvgIpc) is 2.05. The highest BCUT2D eigenvalue weighted by atomic mass is 127. The van der Waals surface area contributed by atoms with Crippen LogP contribution >= 0.6 is 22.6 Å². The Bertz CT molecular complexity index is 228. The number of halogens is 1. The van der Waals surface area contributed by atoms with E-state index in [4.69, 9.17) is 1.37 Å². The molecule has 0 aromatic heterocycles. The summed E-state index contributed by atoms with van der Waals surface area (Å²) < 4.78 is 7.95. The molecule has 0 radical (unpaired) electrons. The highest BCUT2D eigenvalue weighted by molar-refractivity contribution is 14.1. The monoisotopic (exact) mass is 231 g/mol. The van der Waals surface area contributed by atoms with Gasteiger partial charge in [0, 0.05) is 3.58 Å². The van der Waals surface area contributed by atoms with Gasteiger partial charge in [0.1, 0.15) is 0 Å². The molecule has 0 aliphatic heterocycles. The first-order valence-corrected chi connectivity index (χ1v) is 3.72. The summed E-state index contributed by atoms with van der Waals surface area (Å²) in [6, 6.07) is 9.89. The van der Waals surface area contributed by atoms with Crippen molar-refractivity contribution in [2.24, 2.45) is 0 Å². The molecule has 1 rings (SSSR count). The van der Waals surface area contributed by atoms with Crippen LogP contribution < -0.4 is 0 Å². The zero-order valence-corrected chi connectivity index (χ0v) is 7.00. The molecule has 1 heteroatoms. The Kier molecular flexibility index (Phi) is 1.83. The van der Waals surface area contributed by atoms with Gasteiger partial charge in [-0.05, 0) is 28.2 Å². The molecule has 1 aromatic carbocycles. The maximum absolute atomic E-state index is 6.98. The lowest BCUT2D eigenvalue weighted by Gasteiger charge is -1.92. The van der Waals surface area contributed by atoms with Crippen molar-refractivity contribution in [1.82, 2.24) is 0 Å². The van der Waals surface area contributed by atoms with Crippen LogP contribution in [-0.2, 0) is 0 Å². The molecule has 0 amide bonds. The van der Waals surface area contributed by atoms with E-state index in [0.29, 0.717) is 0 Å². The number of benzene rings is 1. The van der Waals surface area contributed by atoms with Gasteiger partial charge in [0.25, 0.3) is 0 Å². The maximum Gasteiger partial charge on any atom is 0.0549 e. The first kappa shape index (κ1) is 5.47. The van der Waals surface area contributed by atoms with Crippen LogP contribution in [0.3, 0.4) is 0 Å². The third-order valence-electron chi connectivity index (χ3n) is 1.05. The van der Waals surface area contributed by atoms with E-state index < -0.39 is 0 Å². The molecule has 0 nitrogen and oxygen atoms in total. The van der Waals surface area contributed by atoms with E-state index in [2.05, 4.69) is 22.6 Å². The Morgan fingerprint density at radius 1 is 1.44 bits per heavy atom. The quantitative estimate of drug-likeness (QED) is 0.651.